The number of benzene rings is 10. The maximum absolute atomic E-state index is 2.55. The van der Waals surface area contributed by atoms with Gasteiger partial charge in [0.1, 0.15) is 0 Å². The fraction of sp³-hybridized carbons (Fsp3) is 0.0476. The zero-order valence-corrected chi connectivity index (χ0v) is 37.4. The molecule has 0 saturated carbocycles. The van der Waals surface area contributed by atoms with Gasteiger partial charge in [0.2, 0.25) is 0 Å². The average Bonchev–Trinajstić information content (AvgIpc) is 3.37. The Morgan fingerprint density at radius 2 is 0.682 bits per heavy atom. The Labute approximate surface area is 388 Å². The monoisotopic (exact) mass is 842 g/mol. The summed E-state index contributed by atoms with van der Waals surface area (Å²) in [4.78, 5) is 5.07. The Bertz CT molecular complexity index is 3300. The van der Waals surface area contributed by atoms with E-state index in [1.807, 2.05) is 0 Å². The number of rotatable bonds is 7. The van der Waals surface area contributed by atoms with E-state index in [2.05, 4.69) is 261 Å². The van der Waals surface area contributed by atoms with Gasteiger partial charge in [0.25, 0.3) is 6.71 Å². The van der Waals surface area contributed by atoms with Crippen LogP contribution in [0, 0.1) is 20.8 Å². The second kappa shape index (κ2) is 16.1. The molecule has 3 heteroatoms. The first-order chi connectivity index (χ1) is 32.5. The highest BCUT2D eigenvalue weighted by Crippen LogP contribution is 2.47. The SMILES string of the molecule is Cc1cc(C)c(-c2ccc3c(c2)B2c4ccccc4N(c4cc(-c5ccccc5)cc(-c5ccccc5)c4)c4cccc(c42)N3c2cc(-c3ccccc3)cc(-c3ccccc3)c2)c(C)c1. The maximum Gasteiger partial charge on any atom is 0.252 e. The molecule has 0 amide bonds. The second-order valence-electron chi connectivity index (χ2n) is 17.9. The summed E-state index contributed by atoms with van der Waals surface area (Å²) in [6, 6.07) is 85.4. The number of nitrogens with zero attached hydrogens (tertiary/aromatic N) is 2. The molecule has 0 spiro atoms. The van der Waals surface area contributed by atoms with E-state index in [1.54, 1.807) is 0 Å². The van der Waals surface area contributed by atoms with Gasteiger partial charge >= 0.3 is 0 Å². The summed E-state index contributed by atoms with van der Waals surface area (Å²) in [5, 5.41) is 0. The number of para-hydroxylation sites is 1. The van der Waals surface area contributed by atoms with E-state index in [-0.39, 0.29) is 6.71 Å². The molecule has 0 N–H and O–H groups in total. The van der Waals surface area contributed by atoms with Gasteiger partial charge in [-0.1, -0.05) is 175 Å². The molecule has 0 bridgehead atoms. The first kappa shape index (κ1) is 39.5. The lowest BCUT2D eigenvalue weighted by atomic mass is 9.33. The van der Waals surface area contributed by atoms with Crippen LogP contribution < -0.4 is 26.2 Å². The summed E-state index contributed by atoms with van der Waals surface area (Å²) >= 11 is 0. The first-order valence-electron chi connectivity index (χ1n) is 23.0. The fourth-order valence-electron chi connectivity index (χ4n) is 10.9. The maximum atomic E-state index is 2.55. The molecule has 0 fully saturated rings. The number of hydrogen-bond acceptors (Lipinski definition) is 2. The van der Waals surface area contributed by atoms with Gasteiger partial charge in [-0.05, 0) is 165 Å². The smallest absolute Gasteiger partial charge is 0.252 e. The standard InChI is InChI=1S/C63H47BN2/c1-42-33-43(2)62(44(3)34-42)49-31-32-59-57(41-49)64-56-27-16-17-28-58(56)65(54-37-50(45-19-8-4-9-20-45)35-51(38-54)46-21-10-5-11-22-46)60-29-18-30-61(63(60)64)66(59)55-39-52(47-23-12-6-13-24-47)36-53(40-55)48-25-14-7-15-26-48/h4-41H,1-3H3. The minimum Gasteiger partial charge on any atom is -0.311 e. The molecule has 2 aliphatic heterocycles. The molecule has 66 heavy (non-hydrogen) atoms. The predicted octanol–water partition coefficient (Wildman–Crippen LogP) is 15.0. The molecule has 2 nitrogen and oxygen atoms in total. The van der Waals surface area contributed by atoms with Gasteiger partial charge in [-0.2, -0.15) is 0 Å². The van der Waals surface area contributed by atoms with Crippen LogP contribution in [0.1, 0.15) is 16.7 Å². The van der Waals surface area contributed by atoms with Crippen LogP contribution in [0.3, 0.4) is 0 Å². The molecule has 0 atom stereocenters. The van der Waals surface area contributed by atoms with E-state index >= 15 is 0 Å². The third-order valence-electron chi connectivity index (χ3n) is 13.6. The largest absolute Gasteiger partial charge is 0.311 e. The summed E-state index contributed by atoms with van der Waals surface area (Å²) < 4.78 is 0. The molecule has 2 aliphatic rings. The Kier molecular flexibility index (Phi) is 9.65. The molecular weight excluding hydrogens is 796 g/mol. The van der Waals surface area contributed by atoms with Gasteiger partial charge in [-0.25, -0.2) is 0 Å². The molecule has 10 aromatic rings. The zero-order chi connectivity index (χ0) is 44.3. The second-order valence-corrected chi connectivity index (χ2v) is 17.9. The van der Waals surface area contributed by atoms with Crippen molar-refractivity contribution in [3.8, 4) is 55.6 Å². The van der Waals surface area contributed by atoms with Crippen molar-refractivity contribution in [1.29, 1.82) is 0 Å². The topological polar surface area (TPSA) is 6.48 Å². The molecular formula is C63H47BN2. The number of fused-ring (bicyclic) bond motifs is 4. The quantitative estimate of drug-likeness (QED) is 0.148. The van der Waals surface area contributed by atoms with Gasteiger partial charge in [0.15, 0.2) is 0 Å². The molecule has 0 unspecified atom stereocenters. The van der Waals surface area contributed by atoms with Crippen molar-refractivity contribution in [1.82, 2.24) is 0 Å². The van der Waals surface area contributed by atoms with Crippen LogP contribution in [0.2, 0.25) is 0 Å². The van der Waals surface area contributed by atoms with Crippen LogP contribution in [0.15, 0.2) is 231 Å². The van der Waals surface area contributed by atoms with Crippen molar-refractivity contribution >= 4 is 57.2 Å². The highest BCUT2D eigenvalue weighted by Gasteiger charge is 2.43. The van der Waals surface area contributed by atoms with Crippen molar-refractivity contribution < 1.29 is 0 Å². The van der Waals surface area contributed by atoms with Crippen LogP contribution in [0.25, 0.3) is 55.6 Å². The van der Waals surface area contributed by atoms with E-state index in [0.29, 0.717) is 0 Å². The molecule has 0 aliphatic carbocycles. The molecule has 12 rings (SSSR count). The van der Waals surface area contributed by atoms with Crippen LogP contribution in [0.5, 0.6) is 0 Å². The lowest BCUT2D eigenvalue weighted by Crippen LogP contribution is -2.61. The minimum absolute atomic E-state index is 0.0160. The van der Waals surface area contributed by atoms with Crippen molar-refractivity contribution in [2.24, 2.45) is 0 Å². The molecule has 2 heterocycles. The van der Waals surface area contributed by atoms with Gasteiger partial charge in [0, 0.05) is 34.1 Å². The summed E-state index contributed by atoms with van der Waals surface area (Å²) in [7, 11) is 0. The van der Waals surface area contributed by atoms with Crippen LogP contribution in [0.4, 0.5) is 34.1 Å². The van der Waals surface area contributed by atoms with Gasteiger partial charge < -0.3 is 9.80 Å². The van der Waals surface area contributed by atoms with E-state index in [0.717, 1.165) is 11.4 Å². The summed E-state index contributed by atoms with van der Waals surface area (Å²) in [6.45, 7) is 6.70. The van der Waals surface area contributed by atoms with E-state index < -0.39 is 0 Å². The van der Waals surface area contributed by atoms with Gasteiger partial charge in [-0.3, -0.25) is 0 Å². The number of aryl methyl sites for hydroxylation is 3. The molecule has 0 radical (unpaired) electrons. The Balaban J connectivity index is 1.15. The van der Waals surface area contributed by atoms with Crippen LogP contribution in [-0.4, -0.2) is 6.71 Å². The van der Waals surface area contributed by atoms with Crippen molar-refractivity contribution in [2.45, 2.75) is 20.8 Å². The van der Waals surface area contributed by atoms with E-state index in [1.165, 1.54) is 111 Å². The first-order valence-corrected chi connectivity index (χ1v) is 23.0. The third kappa shape index (κ3) is 6.75. The molecule has 0 saturated heterocycles. The molecule has 10 aromatic carbocycles. The average molecular weight is 843 g/mol. The molecule has 0 aromatic heterocycles. The summed E-state index contributed by atoms with van der Waals surface area (Å²) in [5.41, 5.74) is 26.8. The van der Waals surface area contributed by atoms with Crippen molar-refractivity contribution in [3.63, 3.8) is 0 Å². The van der Waals surface area contributed by atoms with E-state index in [4.69, 9.17) is 0 Å². The number of anilines is 6. The zero-order valence-electron chi connectivity index (χ0n) is 37.4. The highest BCUT2D eigenvalue weighted by atomic mass is 15.2. The highest BCUT2D eigenvalue weighted by molar-refractivity contribution is 7.00. The lowest BCUT2D eigenvalue weighted by Gasteiger charge is -2.44. The summed E-state index contributed by atoms with van der Waals surface area (Å²) in [6.07, 6.45) is 0. The Hall–Kier alpha value is -8.14. The third-order valence-corrected chi connectivity index (χ3v) is 13.6. The van der Waals surface area contributed by atoms with Gasteiger partial charge in [0.05, 0.1) is 0 Å². The van der Waals surface area contributed by atoms with E-state index in [9.17, 15) is 0 Å². The van der Waals surface area contributed by atoms with Crippen molar-refractivity contribution in [3.05, 3.63) is 247 Å². The van der Waals surface area contributed by atoms with Crippen molar-refractivity contribution in [2.75, 3.05) is 9.80 Å². The normalized spacial score (nSPS) is 12.4. The minimum atomic E-state index is -0.0160. The van der Waals surface area contributed by atoms with Crippen LogP contribution in [-0.2, 0) is 0 Å². The lowest BCUT2D eigenvalue weighted by molar-refractivity contribution is 1.25. The summed E-state index contributed by atoms with van der Waals surface area (Å²) in [5.74, 6) is 0. The Morgan fingerprint density at radius 3 is 1.14 bits per heavy atom. The predicted molar refractivity (Wildman–Crippen MR) is 282 cm³/mol. The number of hydrogen-bond donors (Lipinski definition) is 0. The van der Waals surface area contributed by atoms with Crippen LogP contribution >= 0.6 is 0 Å². The molecule has 312 valence electrons. The Morgan fingerprint density at radius 1 is 0.288 bits per heavy atom. The van der Waals surface area contributed by atoms with Gasteiger partial charge in [-0.15, -0.1) is 0 Å². The fourth-order valence-corrected chi connectivity index (χ4v) is 10.9.